The minimum Gasteiger partial charge on any atom is -0.368 e. The molecule has 4 nitrogen and oxygen atoms in total. The van der Waals surface area contributed by atoms with Crippen molar-refractivity contribution < 1.29 is 9.53 Å². The maximum absolute atomic E-state index is 11.9. The summed E-state index contributed by atoms with van der Waals surface area (Å²) < 4.78 is 6.66. The Morgan fingerprint density at radius 2 is 2.25 bits per heavy atom. The minimum atomic E-state index is -0.0593. The lowest BCUT2D eigenvalue weighted by molar-refractivity contribution is -0.128. The van der Waals surface area contributed by atoms with Crippen LogP contribution in [0.5, 0.6) is 0 Å². The number of piperidine rings is 1. The van der Waals surface area contributed by atoms with Crippen LogP contribution in [0.25, 0.3) is 0 Å². The first-order chi connectivity index (χ1) is 9.65. The SMILES string of the molecule is C[C@@H](NC(=O)COC1CCNCC1)c1cccc(Br)c1. The number of rotatable bonds is 5. The van der Waals surface area contributed by atoms with Crippen molar-refractivity contribution in [1.82, 2.24) is 10.6 Å². The summed E-state index contributed by atoms with van der Waals surface area (Å²) in [5.74, 6) is -0.0593. The highest BCUT2D eigenvalue weighted by atomic mass is 79.9. The van der Waals surface area contributed by atoms with Gasteiger partial charge in [-0.05, 0) is 50.6 Å². The average Bonchev–Trinajstić information content (AvgIpc) is 2.46. The molecular formula is C15H21BrN2O2. The van der Waals surface area contributed by atoms with Gasteiger partial charge >= 0.3 is 0 Å². The van der Waals surface area contributed by atoms with Gasteiger partial charge in [0.2, 0.25) is 5.91 Å². The number of halogens is 1. The standard InChI is InChI=1S/C15H21BrN2O2/c1-11(12-3-2-4-13(16)9-12)18-15(19)10-20-14-5-7-17-8-6-14/h2-4,9,11,14,17H,5-8,10H2,1H3,(H,18,19)/t11-/m1/s1. The van der Waals surface area contributed by atoms with Crippen molar-refractivity contribution in [2.24, 2.45) is 0 Å². The second kappa shape index (κ2) is 7.76. The molecule has 110 valence electrons. The Kier molecular flexibility index (Phi) is 6.01. The molecule has 0 spiro atoms. The lowest BCUT2D eigenvalue weighted by Crippen LogP contribution is -2.36. The van der Waals surface area contributed by atoms with Gasteiger partial charge in [0, 0.05) is 4.47 Å². The third-order valence-electron chi connectivity index (χ3n) is 3.46. The maximum Gasteiger partial charge on any atom is 0.246 e. The number of benzene rings is 1. The van der Waals surface area contributed by atoms with E-state index in [1.165, 1.54) is 0 Å². The molecule has 0 bridgehead atoms. The van der Waals surface area contributed by atoms with Gasteiger partial charge in [0.1, 0.15) is 6.61 Å². The highest BCUT2D eigenvalue weighted by Crippen LogP contribution is 2.17. The lowest BCUT2D eigenvalue weighted by Gasteiger charge is -2.23. The Bertz CT molecular complexity index is 447. The average molecular weight is 341 g/mol. The fraction of sp³-hybridized carbons (Fsp3) is 0.533. The molecule has 0 radical (unpaired) electrons. The van der Waals surface area contributed by atoms with E-state index in [1.807, 2.05) is 31.2 Å². The van der Waals surface area contributed by atoms with Crippen LogP contribution in [0.3, 0.4) is 0 Å². The predicted octanol–water partition coefficient (Wildman–Crippen LogP) is 2.39. The van der Waals surface area contributed by atoms with Gasteiger partial charge in [0.25, 0.3) is 0 Å². The van der Waals surface area contributed by atoms with Crippen LogP contribution in [-0.2, 0) is 9.53 Å². The fourth-order valence-electron chi connectivity index (χ4n) is 2.30. The van der Waals surface area contributed by atoms with Crippen molar-refractivity contribution in [3.05, 3.63) is 34.3 Å². The summed E-state index contributed by atoms with van der Waals surface area (Å²) in [6.45, 7) is 4.06. The number of nitrogens with one attached hydrogen (secondary N) is 2. The first-order valence-corrected chi connectivity index (χ1v) is 7.81. The molecule has 0 saturated carbocycles. The number of hydrogen-bond donors (Lipinski definition) is 2. The Balaban J connectivity index is 1.76. The maximum atomic E-state index is 11.9. The van der Waals surface area contributed by atoms with Crippen LogP contribution in [0, 0.1) is 0 Å². The molecular weight excluding hydrogens is 320 g/mol. The first-order valence-electron chi connectivity index (χ1n) is 7.02. The monoisotopic (exact) mass is 340 g/mol. The van der Waals surface area contributed by atoms with Crippen molar-refractivity contribution in [2.45, 2.75) is 31.9 Å². The van der Waals surface area contributed by atoms with Crippen LogP contribution in [0.15, 0.2) is 28.7 Å². The summed E-state index contributed by atoms with van der Waals surface area (Å²) in [6, 6.07) is 7.94. The molecule has 2 N–H and O–H groups in total. The van der Waals surface area contributed by atoms with Crippen LogP contribution < -0.4 is 10.6 Å². The van der Waals surface area contributed by atoms with Crippen LogP contribution in [0.1, 0.15) is 31.4 Å². The zero-order chi connectivity index (χ0) is 14.4. The fourth-order valence-corrected chi connectivity index (χ4v) is 2.71. The highest BCUT2D eigenvalue weighted by Gasteiger charge is 2.16. The summed E-state index contributed by atoms with van der Waals surface area (Å²) in [5, 5.41) is 6.24. The second-order valence-corrected chi connectivity index (χ2v) is 6.02. The summed E-state index contributed by atoms with van der Waals surface area (Å²) in [6.07, 6.45) is 2.17. The Hall–Kier alpha value is -0.910. The summed E-state index contributed by atoms with van der Waals surface area (Å²) in [7, 11) is 0. The van der Waals surface area contributed by atoms with Gasteiger partial charge in [-0.1, -0.05) is 28.1 Å². The summed E-state index contributed by atoms with van der Waals surface area (Å²) in [5.41, 5.74) is 1.08. The molecule has 1 amide bonds. The van der Waals surface area contributed by atoms with E-state index in [1.54, 1.807) is 0 Å². The van der Waals surface area contributed by atoms with Gasteiger partial charge in [-0.15, -0.1) is 0 Å². The predicted molar refractivity (Wildman–Crippen MR) is 82.5 cm³/mol. The van der Waals surface area contributed by atoms with E-state index in [0.29, 0.717) is 0 Å². The molecule has 5 heteroatoms. The Morgan fingerprint density at radius 1 is 1.50 bits per heavy atom. The second-order valence-electron chi connectivity index (χ2n) is 5.10. The Labute approximate surface area is 128 Å². The number of carbonyl (C=O) groups excluding carboxylic acids is 1. The molecule has 1 aliphatic heterocycles. The van der Waals surface area contributed by atoms with Gasteiger partial charge in [0.15, 0.2) is 0 Å². The van der Waals surface area contributed by atoms with E-state index in [4.69, 9.17) is 4.74 Å². The van der Waals surface area contributed by atoms with Crippen molar-refractivity contribution in [2.75, 3.05) is 19.7 Å². The van der Waals surface area contributed by atoms with E-state index in [9.17, 15) is 4.79 Å². The molecule has 0 aromatic heterocycles. The number of hydrogen-bond acceptors (Lipinski definition) is 3. The minimum absolute atomic E-state index is 0.0170. The summed E-state index contributed by atoms with van der Waals surface area (Å²) in [4.78, 5) is 11.9. The van der Waals surface area contributed by atoms with Gasteiger partial charge in [-0.25, -0.2) is 0 Å². The molecule has 1 fully saturated rings. The third-order valence-corrected chi connectivity index (χ3v) is 3.96. The third kappa shape index (κ3) is 4.89. The van der Waals surface area contributed by atoms with Crippen LogP contribution in [-0.4, -0.2) is 31.7 Å². The number of carbonyl (C=O) groups is 1. The van der Waals surface area contributed by atoms with Crippen molar-refractivity contribution in [1.29, 1.82) is 0 Å². The first kappa shape index (κ1) is 15.5. The highest BCUT2D eigenvalue weighted by molar-refractivity contribution is 9.10. The molecule has 1 heterocycles. The normalized spacial score (nSPS) is 17.7. The van der Waals surface area contributed by atoms with Crippen LogP contribution in [0.2, 0.25) is 0 Å². The topological polar surface area (TPSA) is 50.4 Å². The van der Waals surface area contributed by atoms with Crippen LogP contribution >= 0.6 is 15.9 Å². The van der Waals surface area contributed by atoms with E-state index in [2.05, 4.69) is 26.6 Å². The van der Waals surface area contributed by atoms with Crippen LogP contribution in [0.4, 0.5) is 0 Å². The quantitative estimate of drug-likeness (QED) is 0.865. The molecule has 1 aromatic carbocycles. The molecule has 1 atom stereocenters. The number of ether oxygens (including phenoxy) is 1. The van der Waals surface area contributed by atoms with Crippen molar-refractivity contribution in [3.63, 3.8) is 0 Å². The molecule has 2 rings (SSSR count). The molecule has 0 unspecified atom stereocenters. The van der Waals surface area contributed by atoms with E-state index < -0.39 is 0 Å². The van der Waals surface area contributed by atoms with E-state index >= 15 is 0 Å². The molecule has 1 aromatic rings. The summed E-state index contributed by atoms with van der Waals surface area (Å²) >= 11 is 3.44. The van der Waals surface area contributed by atoms with Gasteiger partial charge in [-0.3, -0.25) is 4.79 Å². The van der Waals surface area contributed by atoms with E-state index in [-0.39, 0.29) is 24.7 Å². The zero-order valence-corrected chi connectivity index (χ0v) is 13.3. The van der Waals surface area contributed by atoms with Crippen molar-refractivity contribution in [3.8, 4) is 0 Å². The van der Waals surface area contributed by atoms with Gasteiger partial charge in [-0.2, -0.15) is 0 Å². The smallest absolute Gasteiger partial charge is 0.246 e. The van der Waals surface area contributed by atoms with Crippen molar-refractivity contribution >= 4 is 21.8 Å². The molecule has 1 aliphatic rings. The largest absolute Gasteiger partial charge is 0.368 e. The zero-order valence-electron chi connectivity index (χ0n) is 11.7. The molecule has 1 saturated heterocycles. The van der Waals surface area contributed by atoms with Gasteiger partial charge in [0.05, 0.1) is 12.1 Å². The van der Waals surface area contributed by atoms with Gasteiger partial charge < -0.3 is 15.4 Å². The lowest BCUT2D eigenvalue weighted by atomic mass is 10.1. The molecule has 20 heavy (non-hydrogen) atoms. The number of amides is 1. The van der Waals surface area contributed by atoms with E-state index in [0.717, 1.165) is 36.0 Å². The molecule has 0 aliphatic carbocycles. The Morgan fingerprint density at radius 3 is 2.95 bits per heavy atom.